The van der Waals surface area contributed by atoms with Crippen LogP contribution in [-0.2, 0) is 4.79 Å². The van der Waals surface area contributed by atoms with Crippen LogP contribution in [0.4, 0.5) is 10.1 Å². The summed E-state index contributed by atoms with van der Waals surface area (Å²) in [4.78, 5) is 13.8. The van der Waals surface area contributed by atoms with E-state index >= 15 is 0 Å². The molecule has 2 aliphatic rings. The number of quaternary nitrogens is 1. The first-order chi connectivity index (χ1) is 10.6. The Hall–Kier alpha value is -1.42. The smallest absolute Gasteiger partial charge is 0.282 e. The third-order valence-electron chi connectivity index (χ3n) is 5.56. The van der Waals surface area contributed by atoms with E-state index in [-0.39, 0.29) is 23.5 Å². The molecule has 0 radical (unpaired) electrons. The average Bonchev–Trinajstić information content (AvgIpc) is 2.55. The van der Waals surface area contributed by atoms with Crippen molar-refractivity contribution in [3.05, 3.63) is 30.1 Å². The van der Waals surface area contributed by atoms with Gasteiger partial charge in [-0.15, -0.1) is 0 Å². The number of benzene rings is 1. The molecule has 4 heteroatoms. The third kappa shape index (κ3) is 3.32. The number of carbonyl (C=O) groups is 1. The fourth-order valence-electron chi connectivity index (χ4n) is 4.13. The molecule has 120 valence electrons. The van der Waals surface area contributed by atoms with Crippen LogP contribution in [0.2, 0.25) is 0 Å². The number of hydrogen-bond acceptors (Lipinski definition) is 1. The molecular weight excluding hydrogens is 279 g/mol. The van der Waals surface area contributed by atoms with Crippen LogP contribution in [-0.4, -0.2) is 25.0 Å². The average molecular weight is 305 g/mol. The highest BCUT2D eigenvalue weighted by molar-refractivity contribution is 5.93. The second-order valence-corrected chi connectivity index (χ2v) is 6.90. The number of piperidine rings is 1. The van der Waals surface area contributed by atoms with Gasteiger partial charge in [0.25, 0.3) is 5.91 Å². The van der Waals surface area contributed by atoms with Crippen LogP contribution in [0, 0.1) is 17.7 Å². The maximum absolute atomic E-state index is 13.7. The van der Waals surface area contributed by atoms with Gasteiger partial charge < -0.3 is 10.2 Å². The van der Waals surface area contributed by atoms with E-state index in [1.54, 1.807) is 18.2 Å². The van der Waals surface area contributed by atoms with Gasteiger partial charge in [-0.1, -0.05) is 25.0 Å². The summed E-state index contributed by atoms with van der Waals surface area (Å²) < 4.78 is 13.7. The van der Waals surface area contributed by atoms with Gasteiger partial charge in [0.05, 0.1) is 18.8 Å². The number of nitrogens with one attached hydrogen (secondary N) is 2. The number of carbonyl (C=O) groups excluding carboxylic acids is 1. The summed E-state index contributed by atoms with van der Waals surface area (Å²) in [5, 5.41) is 2.74. The molecule has 1 aliphatic carbocycles. The van der Waals surface area contributed by atoms with E-state index in [1.165, 1.54) is 43.1 Å². The highest BCUT2D eigenvalue weighted by atomic mass is 19.1. The maximum Gasteiger partial charge on any atom is 0.282 e. The molecule has 1 aromatic rings. The van der Waals surface area contributed by atoms with Gasteiger partial charge in [0.1, 0.15) is 5.82 Å². The number of rotatable bonds is 3. The zero-order valence-corrected chi connectivity index (χ0v) is 13.3. The molecule has 2 N–H and O–H groups in total. The SMILES string of the molecule is C[C@@H](C(=O)Nc1ccccc1F)[NH+]1CC[C@@H]2CCCC[C@@H]2C1. The maximum atomic E-state index is 13.7. The van der Waals surface area contributed by atoms with E-state index in [9.17, 15) is 9.18 Å². The number of para-hydroxylation sites is 1. The fourth-order valence-corrected chi connectivity index (χ4v) is 4.13. The molecule has 1 unspecified atom stereocenters. The predicted molar refractivity (Wildman–Crippen MR) is 85.3 cm³/mol. The quantitative estimate of drug-likeness (QED) is 0.882. The summed E-state index contributed by atoms with van der Waals surface area (Å²) in [6.07, 6.45) is 6.63. The van der Waals surface area contributed by atoms with Crippen molar-refractivity contribution in [1.82, 2.24) is 0 Å². The Balaban J connectivity index is 1.60. The van der Waals surface area contributed by atoms with Crippen molar-refractivity contribution < 1.29 is 14.1 Å². The number of anilines is 1. The van der Waals surface area contributed by atoms with Gasteiger partial charge >= 0.3 is 0 Å². The lowest BCUT2D eigenvalue weighted by atomic mass is 9.75. The van der Waals surface area contributed by atoms with Gasteiger partial charge in [0, 0.05) is 5.92 Å². The van der Waals surface area contributed by atoms with Gasteiger partial charge in [-0.25, -0.2) is 4.39 Å². The lowest BCUT2D eigenvalue weighted by Crippen LogP contribution is -3.18. The van der Waals surface area contributed by atoms with Crippen molar-refractivity contribution in [2.45, 2.75) is 45.1 Å². The van der Waals surface area contributed by atoms with E-state index in [0.717, 1.165) is 24.9 Å². The van der Waals surface area contributed by atoms with Crippen LogP contribution in [0.1, 0.15) is 39.0 Å². The number of halogens is 1. The van der Waals surface area contributed by atoms with Gasteiger partial charge in [-0.3, -0.25) is 4.79 Å². The van der Waals surface area contributed by atoms with Crippen molar-refractivity contribution in [1.29, 1.82) is 0 Å². The minimum atomic E-state index is -0.371. The first-order valence-electron chi connectivity index (χ1n) is 8.55. The molecule has 1 aliphatic heterocycles. The molecule has 0 spiro atoms. The van der Waals surface area contributed by atoms with Crippen LogP contribution in [0.5, 0.6) is 0 Å². The van der Waals surface area contributed by atoms with E-state index < -0.39 is 0 Å². The topological polar surface area (TPSA) is 33.5 Å². The fraction of sp³-hybridized carbons (Fsp3) is 0.611. The van der Waals surface area contributed by atoms with Crippen molar-refractivity contribution in [3.8, 4) is 0 Å². The highest BCUT2D eigenvalue weighted by Crippen LogP contribution is 2.32. The molecule has 1 saturated heterocycles. The molecule has 0 aromatic heterocycles. The van der Waals surface area contributed by atoms with Crippen LogP contribution >= 0.6 is 0 Å². The second kappa shape index (κ2) is 6.78. The van der Waals surface area contributed by atoms with Crippen molar-refractivity contribution >= 4 is 11.6 Å². The minimum Gasteiger partial charge on any atom is -0.325 e. The first-order valence-corrected chi connectivity index (χ1v) is 8.55. The van der Waals surface area contributed by atoms with Gasteiger partial charge in [0.2, 0.25) is 0 Å². The third-order valence-corrected chi connectivity index (χ3v) is 5.56. The summed E-state index contributed by atoms with van der Waals surface area (Å²) in [7, 11) is 0. The van der Waals surface area contributed by atoms with E-state index in [2.05, 4.69) is 5.32 Å². The molecule has 3 nitrogen and oxygen atoms in total. The first kappa shape index (κ1) is 15.5. The summed E-state index contributed by atoms with van der Waals surface area (Å²) in [6.45, 7) is 4.12. The molecule has 1 amide bonds. The zero-order chi connectivity index (χ0) is 15.5. The normalized spacial score (nSPS) is 29.5. The Morgan fingerprint density at radius 1 is 1.23 bits per heavy atom. The van der Waals surface area contributed by atoms with E-state index in [4.69, 9.17) is 0 Å². The number of likely N-dealkylation sites (tertiary alicyclic amines) is 1. The highest BCUT2D eigenvalue weighted by Gasteiger charge is 2.37. The van der Waals surface area contributed by atoms with Crippen LogP contribution < -0.4 is 10.2 Å². The monoisotopic (exact) mass is 305 g/mol. The standard InChI is InChI=1S/C18H25FN2O/c1-13(18(22)20-17-9-5-4-8-16(17)19)21-11-10-14-6-2-3-7-15(14)12-21/h4-5,8-9,13-15H,2-3,6-7,10-12H2,1H3,(H,20,22)/p+1/t13-,14-,15+/m0/s1. The number of fused-ring (bicyclic) bond motifs is 1. The molecule has 1 saturated carbocycles. The molecule has 2 fully saturated rings. The Morgan fingerprint density at radius 3 is 2.73 bits per heavy atom. The van der Waals surface area contributed by atoms with Gasteiger partial charge in [0.15, 0.2) is 6.04 Å². The molecular formula is C18H26FN2O+. The summed E-state index contributed by atoms with van der Waals surface area (Å²) in [5.41, 5.74) is 0.284. The molecule has 1 aromatic carbocycles. The Bertz CT molecular complexity index is 534. The predicted octanol–water partition coefficient (Wildman–Crippen LogP) is 2.25. The van der Waals surface area contributed by atoms with Crippen molar-refractivity contribution in [3.63, 3.8) is 0 Å². The van der Waals surface area contributed by atoms with Gasteiger partial charge in [-0.2, -0.15) is 0 Å². The molecule has 1 heterocycles. The van der Waals surface area contributed by atoms with Crippen molar-refractivity contribution in [2.75, 3.05) is 18.4 Å². The zero-order valence-electron chi connectivity index (χ0n) is 13.3. The number of hydrogen-bond donors (Lipinski definition) is 2. The van der Waals surface area contributed by atoms with Gasteiger partial charge in [-0.05, 0) is 44.2 Å². The minimum absolute atomic E-state index is 0.0747. The summed E-state index contributed by atoms with van der Waals surface area (Å²) >= 11 is 0. The van der Waals surface area contributed by atoms with Crippen molar-refractivity contribution in [2.24, 2.45) is 11.8 Å². The molecule has 0 bridgehead atoms. The van der Waals surface area contributed by atoms with E-state index in [0.29, 0.717) is 0 Å². The lowest BCUT2D eigenvalue weighted by molar-refractivity contribution is -0.924. The Labute approximate surface area is 131 Å². The lowest BCUT2D eigenvalue weighted by Gasteiger charge is -2.40. The Morgan fingerprint density at radius 2 is 1.95 bits per heavy atom. The molecule has 3 rings (SSSR count). The van der Waals surface area contributed by atoms with Crippen LogP contribution in [0.25, 0.3) is 0 Å². The second-order valence-electron chi connectivity index (χ2n) is 6.90. The molecule has 4 atom stereocenters. The Kier molecular flexibility index (Phi) is 4.77. The summed E-state index contributed by atoms with van der Waals surface area (Å²) in [5.74, 6) is 1.21. The number of amides is 1. The van der Waals surface area contributed by atoms with Crippen LogP contribution in [0.3, 0.4) is 0 Å². The summed E-state index contributed by atoms with van der Waals surface area (Å²) in [6, 6.07) is 6.24. The molecule has 22 heavy (non-hydrogen) atoms. The van der Waals surface area contributed by atoms with Crippen LogP contribution in [0.15, 0.2) is 24.3 Å². The van der Waals surface area contributed by atoms with E-state index in [1.807, 2.05) is 6.92 Å². The largest absolute Gasteiger partial charge is 0.325 e.